The number of nitrogens with zero attached hydrogens (tertiary/aromatic N) is 3. The van der Waals surface area contributed by atoms with Crippen LogP contribution in [0.5, 0.6) is 0 Å². The monoisotopic (exact) mass is 530 g/mol. The van der Waals surface area contributed by atoms with Crippen LogP contribution in [0, 0.1) is 12.8 Å². The number of ketones is 1. The van der Waals surface area contributed by atoms with Gasteiger partial charge in [0.25, 0.3) is 0 Å². The Kier molecular flexibility index (Phi) is 8.87. The molecule has 1 saturated heterocycles. The van der Waals surface area contributed by atoms with E-state index in [-0.39, 0.29) is 29.1 Å². The summed E-state index contributed by atoms with van der Waals surface area (Å²) in [5, 5.41) is 14.3. The molecule has 1 aromatic heterocycles. The molecule has 1 unspecified atom stereocenters. The van der Waals surface area contributed by atoms with Crippen LogP contribution in [0.1, 0.15) is 56.4 Å². The topological polar surface area (TPSA) is 91.3 Å². The third-order valence-corrected chi connectivity index (χ3v) is 7.22. The van der Waals surface area contributed by atoms with E-state index >= 15 is 0 Å². The van der Waals surface area contributed by atoms with Gasteiger partial charge in [0.2, 0.25) is 0 Å². The molecule has 2 amide bonds. The minimum absolute atomic E-state index is 0.175. The number of carbonyl (C=O) groups excluding carboxylic acids is 2. The number of aromatic nitrogens is 2. The second kappa shape index (κ2) is 12.1. The number of carbonyl (C=O) groups is 2. The molecule has 1 aliphatic heterocycles. The Morgan fingerprint density at radius 3 is 2.36 bits per heavy atom. The Morgan fingerprint density at radius 1 is 1.05 bits per heavy atom. The van der Waals surface area contributed by atoms with Crippen molar-refractivity contribution in [3.05, 3.63) is 71.4 Å². The molecule has 1 fully saturated rings. The summed E-state index contributed by atoms with van der Waals surface area (Å²) in [4.78, 5) is 28.8. The SMILES string of the molecule is Cc1ccc(-n2nc(C(C)(C)C)cc2NC(=O)Nc2ccccc2C(C(=O)CN(C)C)C2CCNCC2)cc1. The first-order valence-electron chi connectivity index (χ1n) is 13.8. The van der Waals surface area contributed by atoms with Gasteiger partial charge in [0.05, 0.1) is 17.9 Å². The maximum absolute atomic E-state index is 13.5. The molecule has 1 aliphatic rings. The molecule has 39 heavy (non-hydrogen) atoms. The minimum atomic E-state index is -0.375. The molecule has 0 aliphatic carbocycles. The van der Waals surface area contributed by atoms with Crippen molar-refractivity contribution >= 4 is 23.3 Å². The van der Waals surface area contributed by atoms with Crippen LogP contribution in [0.4, 0.5) is 16.3 Å². The molecular weight excluding hydrogens is 488 g/mol. The number of likely N-dealkylation sites (N-methyl/N-ethyl adjacent to an activating group) is 1. The van der Waals surface area contributed by atoms with Gasteiger partial charge in [-0.05, 0) is 76.6 Å². The molecule has 8 heteroatoms. The zero-order chi connectivity index (χ0) is 28.2. The summed E-state index contributed by atoms with van der Waals surface area (Å²) in [6.45, 7) is 10.5. The molecule has 0 bridgehead atoms. The van der Waals surface area contributed by atoms with Crippen molar-refractivity contribution in [2.24, 2.45) is 5.92 Å². The number of piperidine rings is 1. The number of urea groups is 1. The van der Waals surface area contributed by atoms with Crippen LogP contribution in [0.25, 0.3) is 5.69 Å². The quantitative estimate of drug-likeness (QED) is 0.366. The molecular formula is C31H42N6O2. The second-order valence-electron chi connectivity index (χ2n) is 11.8. The summed E-state index contributed by atoms with van der Waals surface area (Å²) in [6.07, 6.45) is 1.85. The smallest absolute Gasteiger partial charge is 0.317 e. The first-order valence-corrected chi connectivity index (χ1v) is 13.8. The van der Waals surface area contributed by atoms with E-state index in [4.69, 9.17) is 5.10 Å². The van der Waals surface area contributed by atoms with Gasteiger partial charge < -0.3 is 15.5 Å². The average molecular weight is 531 g/mol. The summed E-state index contributed by atoms with van der Waals surface area (Å²) >= 11 is 0. The van der Waals surface area contributed by atoms with Crippen molar-refractivity contribution in [1.82, 2.24) is 20.0 Å². The molecule has 0 radical (unpaired) electrons. The lowest BCUT2D eigenvalue weighted by Crippen LogP contribution is -2.37. The molecule has 8 nitrogen and oxygen atoms in total. The Bertz CT molecular complexity index is 1280. The van der Waals surface area contributed by atoms with Crippen molar-refractivity contribution in [2.45, 2.75) is 51.9 Å². The van der Waals surface area contributed by atoms with Gasteiger partial charge >= 0.3 is 6.03 Å². The fourth-order valence-electron chi connectivity index (χ4n) is 5.15. The van der Waals surface area contributed by atoms with Crippen molar-refractivity contribution in [3.63, 3.8) is 0 Å². The number of benzene rings is 2. The molecule has 3 N–H and O–H groups in total. The highest BCUT2D eigenvalue weighted by atomic mass is 16.2. The lowest BCUT2D eigenvalue weighted by molar-refractivity contribution is -0.122. The Balaban J connectivity index is 1.63. The fourth-order valence-corrected chi connectivity index (χ4v) is 5.15. The molecule has 4 rings (SSSR count). The average Bonchev–Trinajstić information content (AvgIpc) is 3.30. The predicted molar refractivity (Wildman–Crippen MR) is 158 cm³/mol. The lowest BCUT2D eigenvalue weighted by atomic mass is 9.77. The second-order valence-corrected chi connectivity index (χ2v) is 11.8. The fraction of sp³-hybridized carbons (Fsp3) is 0.452. The number of para-hydroxylation sites is 1. The molecule has 2 aromatic carbocycles. The summed E-state index contributed by atoms with van der Waals surface area (Å²) < 4.78 is 1.77. The van der Waals surface area contributed by atoms with Gasteiger partial charge in [0, 0.05) is 23.1 Å². The largest absolute Gasteiger partial charge is 0.324 e. The third kappa shape index (κ3) is 7.13. The Labute approximate surface area is 232 Å². The van der Waals surface area contributed by atoms with Gasteiger partial charge in [0.15, 0.2) is 5.78 Å². The molecule has 2 heterocycles. The predicted octanol–water partition coefficient (Wildman–Crippen LogP) is 5.34. The first kappa shape index (κ1) is 28.5. The molecule has 0 saturated carbocycles. The van der Waals surface area contributed by atoms with Gasteiger partial charge in [-0.25, -0.2) is 9.48 Å². The Morgan fingerprint density at radius 2 is 1.72 bits per heavy atom. The van der Waals surface area contributed by atoms with Crippen LogP contribution in [0.15, 0.2) is 54.6 Å². The molecule has 1 atom stereocenters. The van der Waals surface area contributed by atoms with E-state index in [0.717, 1.165) is 48.4 Å². The normalized spacial score (nSPS) is 15.3. The number of rotatable bonds is 8. The van der Waals surface area contributed by atoms with Crippen LogP contribution in [-0.2, 0) is 10.2 Å². The Hall–Kier alpha value is -3.49. The number of nitrogens with one attached hydrogen (secondary N) is 3. The van der Waals surface area contributed by atoms with Gasteiger partial charge in [-0.2, -0.15) is 5.10 Å². The zero-order valence-corrected chi connectivity index (χ0v) is 24.0. The molecule has 3 aromatic rings. The highest BCUT2D eigenvalue weighted by Gasteiger charge is 2.33. The number of Topliss-reactive ketones (excluding diaryl/α,β-unsaturated/α-hetero) is 1. The lowest BCUT2D eigenvalue weighted by Gasteiger charge is -2.32. The summed E-state index contributed by atoms with van der Waals surface area (Å²) in [6, 6.07) is 17.3. The van der Waals surface area contributed by atoms with Crippen LogP contribution < -0.4 is 16.0 Å². The standard InChI is InChI=1S/C31H42N6O2/c1-21-11-13-23(14-12-21)37-28(19-27(35-37)31(2,3)4)34-30(39)33-25-10-8-7-9-24(25)29(26(38)20-36(5)6)22-15-17-32-18-16-22/h7-14,19,22,29,32H,15-18,20H2,1-6H3,(H2,33,34,39). The number of hydrogen-bond donors (Lipinski definition) is 3. The summed E-state index contributed by atoms with van der Waals surface area (Å²) in [5.74, 6) is 0.699. The number of amides is 2. The minimum Gasteiger partial charge on any atom is -0.317 e. The van der Waals surface area contributed by atoms with Gasteiger partial charge in [0.1, 0.15) is 5.82 Å². The molecule has 0 spiro atoms. The van der Waals surface area contributed by atoms with E-state index in [0.29, 0.717) is 18.1 Å². The van der Waals surface area contributed by atoms with Crippen LogP contribution in [0.2, 0.25) is 0 Å². The third-order valence-electron chi connectivity index (χ3n) is 7.22. The van der Waals surface area contributed by atoms with Crippen LogP contribution in [0.3, 0.4) is 0 Å². The van der Waals surface area contributed by atoms with Crippen molar-refractivity contribution in [3.8, 4) is 5.69 Å². The van der Waals surface area contributed by atoms with E-state index in [1.165, 1.54) is 0 Å². The van der Waals surface area contributed by atoms with Crippen LogP contribution >= 0.6 is 0 Å². The maximum Gasteiger partial charge on any atom is 0.324 e. The van der Waals surface area contributed by atoms with E-state index in [1.54, 1.807) is 4.68 Å². The summed E-state index contributed by atoms with van der Waals surface area (Å²) in [5.41, 5.74) is 4.23. The highest BCUT2D eigenvalue weighted by molar-refractivity contribution is 6.01. The van der Waals surface area contributed by atoms with Crippen molar-refractivity contribution < 1.29 is 9.59 Å². The van der Waals surface area contributed by atoms with E-state index in [9.17, 15) is 9.59 Å². The van der Waals surface area contributed by atoms with Crippen molar-refractivity contribution in [2.75, 3.05) is 44.4 Å². The number of anilines is 2. The van der Waals surface area contributed by atoms with Gasteiger partial charge in [-0.3, -0.25) is 10.1 Å². The number of aryl methyl sites for hydroxylation is 1. The molecule has 208 valence electrons. The van der Waals surface area contributed by atoms with Crippen molar-refractivity contribution in [1.29, 1.82) is 0 Å². The van der Waals surface area contributed by atoms with E-state index < -0.39 is 0 Å². The first-order chi connectivity index (χ1) is 18.5. The van der Waals surface area contributed by atoms with E-state index in [2.05, 4.69) is 36.7 Å². The zero-order valence-electron chi connectivity index (χ0n) is 24.0. The van der Waals surface area contributed by atoms with Crippen LogP contribution in [-0.4, -0.2) is 60.2 Å². The van der Waals surface area contributed by atoms with E-state index in [1.807, 2.05) is 80.5 Å². The maximum atomic E-state index is 13.5. The van der Waals surface area contributed by atoms with Gasteiger partial charge in [-0.1, -0.05) is 56.7 Å². The number of hydrogen-bond acceptors (Lipinski definition) is 5. The van der Waals surface area contributed by atoms with Gasteiger partial charge in [-0.15, -0.1) is 0 Å². The summed E-state index contributed by atoms with van der Waals surface area (Å²) in [7, 11) is 3.83. The highest BCUT2D eigenvalue weighted by Crippen LogP contribution is 2.36.